The molecule has 0 aromatic rings. The fraction of sp³-hybridized carbons (Fsp3) is 0.833. The van der Waals surface area contributed by atoms with Gasteiger partial charge in [0.15, 0.2) is 0 Å². The van der Waals surface area contributed by atoms with Crippen LogP contribution in [0, 0.1) is 0 Å². The Kier molecular flexibility index (Phi) is 8.62. The molecule has 0 saturated carbocycles. The highest BCUT2D eigenvalue weighted by molar-refractivity contribution is 7.98. The van der Waals surface area contributed by atoms with Gasteiger partial charge in [0.25, 0.3) is 0 Å². The van der Waals surface area contributed by atoms with E-state index < -0.39 is 11.5 Å². The molecule has 2 amide bonds. The second-order valence-electron chi connectivity index (χ2n) is 4.86. The Morgan fingerprint density at radius 2 is 1.94 bits per heavy atom. The van der Waals surface area contributed by atoms with Gasteiger partial charge in [0.1, 0.15) is 0 Å². The molecule has 0 bridgehead atoms. The number of nitrogens with one attached hydrogen (secondary N) is 2. The average Bonchev–Trinajstić information content (AvgIpc) is 2.26. The average molecular weight is 276 g/mol. The topological polar surface area (TPSA) is 78.4 Å². The number of carbonyl (C=O) groups is 2. The first-order valence-corrected chi connectivity index (χ1v) is 7.53. The van der Waals surface area contributed by atoms with Gasteiger partial charge in [-0.1, -0.05) is 0 Å². The van der Waals surface area contributed by atoms with Crippen LogP contribution < -0.4 is 10.6 Å². The number of rotatable bonds is 9. The molecule has 0 aromatic carbocycles. The summed E-state index contributed by atoms with van der Waals surface area (Å²) in [6.45, 7) is 4.30. The van der Waals surface area contributed by atoms with Gasteiger partial charge in [-0.3, -0.25) is 4.79 Å². The van der Waals surface area contributed by atoms with Gasteiger partial charge in [0, 0.05) is 18.5 Å². The molecular weight excluding hydrogens is 252 g/mol. The first kappa shape index (κ1) is 17.1. The van der Waals surface area contributed by atoms with Crippen molar-refractivity contribution >= 4 is 23.8 Å². The van der Waals surface area contributed by atoms with E-state index in [1.165, 1.54) is 0 Å². The quantitative estimate of drug-likeness (QED) is 0.563. The number of hydrogen-bond acceptors (Lipinski definition) is 3. The Hall–Kier alpha value is -0.910. The third kappa shape index (κ3) is 10.3. The Bertz CT molecular complexity index is 270. The summed E-state index contributed by atoms with van der Waals surface area (Å²) in [5.74, 6) is 0.260. The van der Waals surface area contributed by atoms with Crippen LogP contribution in [0.3, 0.4) is 0 Å². The summed E-state index contributed by atoms with van der Waals surface area (Å²) in [6.07, 6.45) is 4.59. The number of unbranched alkanes of at least 4 members (excludes halogenated alkanes) is 1. The van der Waals surface area contributed by atoms with E-state index in [-0.39, 0.29) is 12.5 Å². The van der Waals surface area contributed by atoms with E-state index >= 15 is 0 Å². The molecule has 0 atom stereocenters. The molecule has 0 aromatic heterocycles. The Morgan fingerprint density at radius 1 is 1.28 bits per heavy atom. The van der Waals surface area contributed by atoms with Crippen LogP contribution in [0.5, 0.6) is 0 Å². The first-order valence-electron chi connectivity index (χ1n) is 6.14. The van der Waals surface area contributed by atoms with Crippen molar-refractivity contribution in [2.45, 2.75) is 45.1 Å². The predicted molar refractivity (Wildman–Crippen MR) is 75.1 cm³/mol. The molecular formula is C12H24N2O3S. The minimum Gasteiger partial charge on any atom is -0.481 e. The van der Waals surface area contributed by atoms with Crippen molar-refractivity contribution in [1.29, 1.82) is 0 Å². The summed E-state index contributed by atoms with van der Waals surface area (Å²) in [5, 5.41) is 14.2. The zero-order chi connectivity index (χ0) is 14.0. The van der Waals surface area contributed by atoms with Crippen LogP contribution in [-0.2, 0) is 4.79 Å². The molecule has 0 radical (unpaired) electrons. The number of hydrogen-bond donors (Lipinski definition) is 3. The fourth-order valence-electron chi connectivity index (χ4n) is 1.41. The second-order valence-corrected chi connectivity index (χ2v) is 5.84. The van der Waals surface area contributed by atoms with Crippen molar-refractivity contribution in [2.75, 3.05) is 18.6 Å². The van der Waals surface area contributed by atoms with Gasteiger partial charge >= 0.3 is 12.0 Å². The van der Waals surface area contributed by atoms with Gasteiger partial charge < -0.3 is 15.7 Å². The molecule has 3 N–H and O–H groups in total. The largest absolute Gasteiger partial charge is 0.481 e. The summed E-state index contributed by atoms with van der Waals surface area (Å²) < 4.78 is 0. The predicted octanol–water partition coefficient (Wildman–Crippen LogP) is 2.07. The lowest BCUT2D eigenvalue weighted by atomic mass is 9.99. The van der Waals surface area contributed by atoms with Crippen molar-refractivity contribution in [1.82, 2.24) is 10.6 Å². The first-order chi connectivity index (χ1) is 8.37. The normalized spacial score (nSPS) is 11.1. The van der Waals surface area contributed by atoms with Gasteiger partial charge in [-0.2, -0.15) is 11.8 Å². The lowest BCUT2D eigenvalue weighted by Crippen LogP contribution is -2.48. The molecule has 0 aliphatic carbocycles. The molecule has 0 aliphatic heterocycles. The third-order valence-electron chi connectivity index (χ3n) is 2.48. The van der Waals surface area contributed by atoms with Crippen LogP contribution in [0.25, 0.3) is 0 Å². The van der Waals surface area contributed by atoms with Crippen molar-refractivity contribution < 1.29 is 14.7 Å². The number of carboxylic acid groups (broad SMARTS) is 1. The Balaban J connectivity index is 3.74. The SMILES string of the molecule is CSCCCCNC(=O)NC(C)(C)CCC(=O)O. The molecule has 0 unspecified atom stereocenters. The highest BCUT2D eigenvalue weighted by Crippen LogP contribution is 2.10. The van der Waals surface area contributed by atoms with Crippen molar-refractivity contribution in [3.05, 3.63) is 0 Å². The summed E-state index contributed by atoms with van der Waals surface area (Å²) in [5.41, 5.74) is -0.498. The standard InChI is InChI=1S/C12H24N2O3S/c1-12(2,7-6-10(15)16)14-11(17)13-8-4-5-9-18-3/h4-9H2,1-3H3,(H,15,16)(H2,13,14,17). The van der Waals surface area contributed by atoms with Crippen LogP contribution in [0.1, 0.15) is 39.5 Å². The van der Waals surface area contributed by atoms with E-state index in [9.17, 15) is 9.59 Å². The highest BCUT2D eigenvalue weighted by atomic mass is 32.2. The van der Waals surface area contributed by atoms with Gasteiger partial charge in [-0.15, -0.1) is 0 Å². The third-order valence-corrected chi connectivity index (χ3v) is 3.17. The van der Waals surface area contributed by atoms with Gasteiger partial charge in [0.2, 0.25) is 0 Å². The van der Waals surface area contributed by atoms with E-state index in [4.69, 9.17) is 5.11 Å². The van der Waals surface area contributed by atoms with Crippen molar-refractivity contribution in [3.8, 4) is 0 Å². The Labute approximate surface area is 113 Å². The van der Waals surface area contributed by atoms with E-state index in [1.807, 2.05) is 13.8 Å². The molecule has 0 fully saturated rings. The van der Waals surface area contributed by atoms with E-state index in [1.54, 1.807) is 11.8 Å². The fourth-order valence-corrected chi connectivity index (χ4v) is 1.90. The molecule has 106 valence electrons. The van der Waals surface area contributed by atoms with Crippen LogP contribution in [0.2, 0.25) is 0 Å². The highest BCUT2D eigenvalue weighted by Gasteiger charge is 2.21. The molecule has 0 rings (SSSR count). The van der Waals surface area contributed by atoms with Gasteiger partial charge in [-0.05, 0) is 45.1 Å². The van der Waals surface area contributed by atoms with Crippen LogP contribution in [-0.4, -0.2) is 41.2 Å². The molecule has 0 saturated heterocycles. The molecule has 6 heteroatoms. The molecule has 18 heavy (non-hydrogen) atoms. The van der Waals surface area contributed by atoms with E-state index in [2.05, 4.69) is 16.9 Å². The number of amides is 2. The van der Waals surface area contributed by atoms with Crippen LogP contribution in [0.4, 0.5) is 4.79 Å². The second kappa shape index (κ2) is 9.08. The Morgan fingerprint density at radius 3 is 2.50 bits per heavy atom. The molecule has 0 aliphatic rings. The number of urea groups is 1. The zero-order valence-corrected chi connectivity index (χ0v) is 12.2. The molecule has 0 spiro atoms. The number of carboxylic acids is 1. The number of carbonyl (C=O) groups excluding carboxylic acids is 1. The van der Waals surface area contributed by atoms with Gasteiger partial charge in [-0.25, -0.2) is 4.79 Å². The van der Waals surface area contributed by atoms with Gasteiger partial charge in [0.05, 0.1) is 0 Å². The minimum absolute atomic E-state index is 0.0566. The maximum atomic E-state index is 11.6. The molecule has 0 heterocycles. The molecule has 5 nitrogen and oxygen atoms in total. The van der Waals surface area contributed by atoms with Crippen LogP contribution >= 0.6 is 11.8 Å². The van der Waals surface area contributed by atoms with E-state index in [0.717, 1.165) is 18.6 Å². The smallest absolute Gasteiger partial charge is 0.315 e. The van der Waals surface area contributed by atoms with E-state index in [0.29, 0.717) is 13.0 Å². The summed E-state index contributed by atoms with van der Waals surface area (Å²) >= 11 is 1.80. The summed E-state index contributed by atoms with van der Waals surface area (Å²) in [4.78, 5) is 22.0. The maximum absolute atomic E-state index is 11.6. The summed E-state index contributed by atoms with van der Waals surface area (Å²) in [6, 6.07) is -0.227. The van der Waals surface area contributed by atoms with Crippen molar-refractivity contribution in [2.24, 2.45) is 0 Å². The maximum Gasteiger partial charge on any atom is 0.315 e. The number of aliphatic carboxylic acids is 1. The monoisotopic (exact) mass is 276 g/mol. The van der Waals surface area contributed by atoms with Crippen LogP contribution in [0.15, 0.2) is 0 Å². The number of thioether (sulfide) groups is 1. The lowest BCUT2D eigenvalue weighted by Gasteiger charge is -2.25. The lowest BCUT2D eigenvalue weighted by molar-refractivity contribution is -0.137. The summed E-state index contributed by atoms with van der Waals surface area (Å²) in [7, 11) is 0. The zero-order valence-electron chi connectivity index (χ0n) is 11.4. The van der Waals surface area contributed by atoms with Crippen molar-refractivity contribution in [3.63, 3.8) is 0 Å². The minimum atomic E-state index is -0.845.